The van der Waals surface area contributed by atoms with Gasteiger partial charge in [-0.25, -0.2) is 12.7 Å². The molecule has 154 valence electrons. The number of nitro benzene ring substituents is 1. The highest BCUT2D eigenvalue weighted by molar-refractivity contribution is 7.89. The molecule has 0 aliphatic rings. The monoisotopic (exact) mass is 426 g/mol. The first-order chi connectivity index (χ1) is 14.2. The van der Waals surface area contributed by atoms with Crippen LogP contribution in [0.15, 0.2) is 76.1 Å². The molecule has 3 rings (SSSR count). The first-order valence-corrected chi connectivity index (χ1v) is 10.2. The van der Waals surface area contributed by atoms with Crippen LogP contribution < -0.4 is 0 Å². The zero-order chi connectivity index (χ0) is 21.9. The van der Waals surface area contributed by atoms with Gasteiger partial charge in [-0.05, 0) is 48.6 Å². The van der Waals surface area contributed by atoms with Gasteiger partial charge in [0, 0.05) is 37.4 Å². The standard InChI is InChI=1S/C21H18N2O6S/c1-22(2)30(27,28)19-10-6-15(7-11-19)20(24)12-8-18-9-13-21(29-18)16-4-3-5-17(14-16)23(25)26/h3-14H,1-2H3/b12-8+. The average Bonchev–Trinajstić information content (AvgIpc) is 3.21. The smallest absolute Gasteiger partial charge is 0.270 e. The molecule has 0 aliphatic carbocycles. The number of furan rings is 1. The van der Waals surface area contributed by atoms with E-state index in [1.165, 1.54) is 62.6 Å². The van der Waals surface area contributed by atoms with Crippen LogP contribution in [0.3, 0.4) is 0 Å². The van der Waals surface area contributed by atoms with Crippen LogP contribution in [0.4, 0.5) is 5.69 Å². The van der Waals surface area contributed by atoms with Gasteiger partial charge in [-0.2, -0.15) is 0 Å². The van der Waals surface area contributed by atoms with Crippen molar-refractivity contribution in [3.63, 3.8) is 0 Å². The second kappa shape index (κ2) is 8.44. The fraction of sp³-hybridized carbons (Fsp3) is 0.0952. The molecule has 2 aromatic carbocycles. The van der Waals surface area contributed by atoms with Crippen molar-refractivity contribution in [2.45, 2.75) is 4.90 Å². The molecule has 1 heterocycles. The molecule has 9 heteroatoms. The van der Waals surface area contributed by atoms with Crippen molar-refractivity contribution in [1.29, 1.82) is 0 Å². The number of nitro groups is 1. The lowest BCUT2D eigenvalue weighted by Gasteiger charge is -2.11. The van der Waals surface area contributed by atoms with E-state index in [-0.39, 0.29) is 16.4 Å². The number of allylic oxidation sites excluding steroid dienone is 1. The van der Waals surface area contributed by atoms with Crippen LogP contribution in [0.1, 0.15) is 16.1 Å². The summed E-state index contributed by atoms with van der Waals surface area (Å²) in [5.74, 6) is 0.512. The molecule has 0 saturated carbocycles. The number of carbonyl (C=O) groups excluding carboxylic acids is 1. The third-order valence-corrected chi connectivity index (χ3v) is 6.11. The van der Waals surface area contributed by atoms with E-state index in [2.05, 4.69) is 0 Å². The molecule has 0 spiro atoms. The van der Waals surface area contributed by atoms with Gasteiger partial charge < -0.3 is 4.42 Å². The Balaban J connectivity index is 1.75. The number of non-ortho nitro benzene ring substituents is 1. The van der Waals surface area contributed by atoms with Crippen LogP contribution in [0.5, 0.6) is 0 Å². The Labute approximate surface area is 173 Å². The van der Waals surface area contributed by atoms with Crippen LogP contribution >= 0.6 is 0 Å². The minimum Gasteiger partial charge on any atom is -0.457 e. The SMILES string of the molecule is CN(C)S(=O)(=O)c1ccc(C(=O)/C=C/c2ccc(-c3cccc([N+](=O)[O-])c3)o2)cc1. The van der Waals surface area contributed by atoms with E-state index in [0.29, 0.717) is 22.6 Å². The minimum absolute atomic E-state index is 0.0455. The van der Waals surface area contributed by atoms with E-state index in [0.717, 1.165) is 4.31 Å². The van der Waals surface area contributed by atoms with Crippen LogP contribution in [0.2, 0.25) is 0 Å². The van der Waals surface area contributed by atoms with Gasteiger partial charge in [0.15, 0.2) is 5.78 Å². The molecule has 3 aromatic rings. The van der Waals surface area contributed by atoms with Crippen molar-refractivity contribution in [2.75, 3.05) is 14.1 Å². The number of carbonyl (C=O) groups is 1. The maximum atomic E-state index is 12.3. The average molecular weight is 426 g/mol. The Morgan fingerprint density at radius 3 is 2.40 bits per heavy atom. The lowest BCUT2D eigenvalue weighted by atomic mass is 10.1. The number of benzene rings is 2. The number of nitrogens with zero attached hydrogens (tertiary/aromatic N) is 2. The number of hydrogen-bond acceptors (Lipinski definition) is 6. The molecule has 0 radical (unpaired) electrons. The quantitative estimate of drug-likeness (QED) is 0.244. The predicted octanol–water partition coefficient (Wildman–Crippen LogP) is 4.00. The number of sulfonamides is 1. The Hall–Kier alpha value is -3.56. The number of hydrogen-bond donors (Lipinski definition) is 0. The molecule has 0 unspecified atom stereocenters. The molecular formula is C21H18N2O6S. The summed E-state index contributed by atoms with van der Waals surface area (Å²) in [7, 11) is -0.694. The first kappa shape index (κ1) is 21.2. The molecule has 0 saturated heterocycles. The topological polar surface area (TPSA) is 111 Å². The Morgan fingerprint density at radius 2 is 1.77 bits per heavy atom. The summed E-state index contributed by atoms with van der Waals surface area (Å²) in [5.41, 5.74) is 0.832. The summed E-state index contributed by atoms with van der Waals surface area (Å²) in [4.78, 5) is 22.9. The maximum absolute atomic E-state index is 12.3. The van der Waals surface area contributed by atoms with Crippen LogP contribution in [0, 0.1) is 10.1 Å². The molecule has 0 N–H and O–H groups in total. The highest BCUT2D eigenvalue weighted by Gasteiger charge is 2.17. The largest absolute Gasteiger partial charge is 0.457 e. The van der Waals surface area contributed by atoms with Gasteiger partial charge in [-0.1, -0.05) is 12.1 Å². The summed E-state index contributed by atoms with van der Waals surface area (Å²) in [6.07, 6.45) is 2.79. The van der Waals surface area contributed by atoms with Crippen molar-refractivity contribution < 1.29 is 22.6 Å². The Bertz CT molecular complexity index is 1220. The lowest BCUT2D eigenvalue weighted by molar-refractivity contribution is -0.384. The zero-order valence-electron chi connectivity index (χ0n) is 16.2. The summed E-state index contributed by atoms with van der Waals surface area (Å²) in [5, 5.41) is 10.9. The Kier molecular flexibility index (Phi) is 5.95. The number of rotatable bonds is 7. The lowest BCUT2D eigenvalue weighted by Crippen LogP contribution is -2.22. The molecule has 0 aliphatic heterocycles. The highest BCUT2D eigenvalue weighted by atomic mass is 32.2. The van der Waals surface area contributed by atoms with E-state index < -0.39 is 14.9 Å². The molecule has 0 fully saturated rings. The second-order valence-corrected chi connectivity index (χ2v) is 8.67. The Morgan fingerprint density at radius 1 is 1.07 bits per heavy atom. The summed E-state index contributed by atoms with van der Waals surface area (Å²) in [6.45, 7) is 0. The van der Waals surface area contributed by atoms with Gasteiger partial charge in [0.2, 0.25) is 10.0 Å². The summed E-state index contributed by atoms with van der Waals surface area (Å²) >= 11 is 0. The molecular weight excluding hydrogens is 408 g/mol. The molecule has 0 amide bonds. The molecule has 0 atom stereocenters. The number of ketones is 1. The van der Waals surface area contributed by atoms with Gasteiger partial charge in [-0.15, -0.1) is 0 Å². The second-order valence-electron chi connectivity index (χ2n) is 6.52. The van der Waals surface area contributed by atoms with Crippen molar-refractivity contribution in [1.82, 2.24) is 4.31 Å². The molecule has 1 aromatic heterocycles. The van der Waals surface area contributed by atoms with Crippen molar-refractivity contribution in [2.24, 2.45) is 0 Å². The molecule has 8 nitrogen and oxygen atoms in total. The third-order valence-electron chi connectivity index (χ3n) is 4.28. The normalized spacial score (nSPS) is 11.8. The van der Waals surface area contributed by atoms with E-state index in [1.807, 2.05) is 0 Å². The highest BCUT2D eigenvalue weighted by Crippen LogP contribution is 2.26. The van der Waals surface area contributed by atoms with Crippen LogP contribution in [0.25, 0.3) is 17.4 Å². The van der Waals surface area contributed by atoms with Crippen molar-refractivity contribution in [3.05, 3.63) is 88.2 Å². The zero-order valence-corrected chi connectivity index (χ0v) is 17.0. The summed E-state index contributed by atoms with van der Waals surface area (Å²) < 4.78 is 30.9. The van der Waals surface area contributed by atoms with Gasteiger partial charge in [0.25, 0.3) is 5.69 Å². The maximum Gasteiger partial charge on any atom is 0.270 e. The van der Waals surface area contributed by atoms with E-state index in [4.69, 9.17) is 4.42 Å². The van der Waals surface area contributed by atoms with Crippen molar-refractivity contribution in [3.8, 4) is 11.3 Å². The van der Waals surface area contributed by atoms with E-state index in [9.17, 15) is 23.3 Å². The van der Waals surface area contributed by atoms with Crippen LogP contribution in [-0.4, -0.2) is 37.5 Å². The van der Waals surface area contributed by atoms with E-state index in [1.54, 1.807) is 24.3 Å². The van der Waals surface area contributed by atoms with Gasteiger partial charge in [0.05, 0.1) is 9.82 Å². The first-order valence-electron chi connectivity index (χ1n) is 8.78. The van der Waals surface area contributed by atoms with Gasteiger partial charge in [-0.3, -0.25) is 14.9 Å². The van der Waals surface area contributed by atoms with Crippen LogP contribution in [-0.2, 0) is 10.0 Å². The van der Waals surface area contributed by atoms with Gasteiger partial charge >= 0.3 is 0 Å². The minimum atomic E-state index is -3.56. The molecule has 30 heavy (non-hydrogen) atoms. The van der Waals surface area contributed by atoms with E-state index >= 15 is 0 Å². The third kappa shape index (κ3) is 4.53. The fourth-order valence-corrected chi connectivity index (χ4v) is 3.53. The van der Waals surface area contributed by atoms with Gasteiger partial charge in [0.1, 0.15) is 11.5 Å². The predicted molar refractivity (Wildman–Crippen MR) is 111 cm³/mol. The fourth-order valence-electron chi connectivity index (χ4n) is 2.63. The van der Waals surface area contributed by atoms with Crippen molar-refractivity contribution >= 4 is 27.6 Å². The summed E-state index contributed by atoms with van der Waals surface area (Å²) in [6, 6.07) is 15.0. The molecule has 0 bridgehead atoms.